The number of hydrogen-bond donors (Lipinski definition) is 1. The fourth-order valence-corrected chi connectivity index (χ4v) is 3.49. The van der Waals surface area contributed by atoms with Gasteiger partial charge in [-0.05, 0) is 24.7 Å². The number of hydrogen-bond acceptors (Lipinski definition) is 2. The number of fused-ring (bicyclic) bond motifs is 1. The van der Waals surface area contributed by atoms with Crippen LogP contribution in [0.4, 0.5) is 8.78 Å². The minimum atomic E-state index is -0.620. The molecule has 0 saturated heterocycles. The van der Waals surface area contributed by atoms with Crippen LogP contribution in [0.25, 0.3) is 11.0 Å². The van der Waals surface area contributed by atoms with E-state index in [-0.39, 0.29) is 23.1 Å². The van der Waals surface area contributed by atoms with Crippen molar-refractivity contribution in [2.24, 2.45) is 5.41 Å². The van der Waals surface area contributed by atoms with Gasteiger partial charge in [-0.3, -0.25) is 0 Å². The van der Waals surface area contributed by atoms with Crippen molar-refractivity contribution in [2.45, 2.75) is 32.4 Å². The second kappa shape index (κ2) is 4.36. The van der Waals surface area contributed by atoms with Gasteiger partial charge in [0.25, 0.3) is 0 Å². The molecule has 1 aromatic carbocycles. The first-order valence-corrected chi connectivity index (χ1v) is 6.89. The summed E-state index contributed by atoms with van der Waals surface area (Å²) < 4.78 is 34.9. The number of aromatic nitrogens is 2. The molecular formula is C14H16F2N2OS. The van der Waals surface area contributed by atoms with E-state index in [9.17, 15) is 8.78 Å². The van der Waals surface area contributed by atoms with Crippen molar-refractivity contribution in [2.75, 3.05) is 7.11 Å². The normalized spacial score (nSPS) is 24.9. The summed E-state index contributed by atoms with van der Waals surface area (Å²) in [4.78, 5) is 2.84. The van der Waals surface area contributed by atoms with Crippen molar-refractivity contribution in [3.05, 3.63) is 28.5 Å². The Morgan fingerprint density at radius 1 is 1.40 bits per heavy atom. The van der Waals surface area contributed by atoms with E-state index < -0.39 is 11.6 Å². The van der Waals surface area contributed by atoms with Gasteiger partial charge in [0, 0.05) is 24.6 Å². The second-order valence-electron chi connectivity index (χ2n) is 5.88. The van der Waals surface area contributed by atoms with E-state index >= 15 is 0 Å². The smallest absolute Gasteiger partial charge is 0.178 e. The Morgan fingerprint density at radius 2 is 2.10 bits per heavy atom. The maximum atomic E-state index is 13.8. The Bertz CT molecular complexity index is 735. The fourth-order valence-electron chi connectivity index (χ4n) is 3.16. The van der Waals surface area contributed by atoms with Gasteiger partial charge >= 0.3 is 0 Å². The predicted molar refractivity (Wildman–Crippen MR) is 75.3 cm³/mol. The standard InChI is InChI=1S/C14H16F2N2OS/c1-14(2)10(6-11(14)19-3)18-9-5-7(15)4-8(16)12(9)17-13(18)20/h4-5,10-11H,6H2,1-3H3,(H,17,20). The average molecular weight is 298 g/mol. The van der Waals surface area contributed by atoms with Gasteiger partial charge in [-0.2, -0.15) is 0 Å². The van der Waals surface area contributed by atoms with E-state index in [1.54, 1.807) is 7.11 Å². The van der Waals surface area contributed by atoms with E-state index in [0.29, 0.717) is 10.3 Å². The lowest BCUT2D eigenvalue weighted by Crippen LogP contribution is -2.51. The van der Waals surface area contributed by atoms with Crippen LogP contribution in [0.15, 0.2) is 12.1 Å². The Balaban J connectivity index is 2.18. The molecule has 0 aliphatic heterocycles. The van der Waals surface area contributed by atoms with Gasteiger partial charge in [0.1, 0.15) is 11.3 Å². The third-order valence-corrected chi connectivity index (χ3v) is 4.77. The van der Waals surface area contributed by atoms with Crippen molar-refractivity contribution in [3.63, 3.8) is 0 Å². The molecule has 0 amide bonds. The van der Waals surface area contributed by atoms with E-state index in [4.69, 9.17) is 17.0 Å². The molecular weight excluding hydrogens is 282 g/mol. The molecule has 0 radical (unpaired) electrons. The van der Waals surface area contributed by atoms with E-state index in [2.05, 4.69) is 18.8 Å². The van der Waals surface area contributed by atoms with Crippen LogP contribution in [0.3, 0.4) is 0 Å². The van der Waals surface area contributed by atoms with E-state index in [0.717, 1.165) is 12.5 Å². The van der Waals surface area contributed by atoms with Gasteiger partial charge in [-0.1, -0.05) is 13.8 Å². The minimum Gasteiger partial charge on any atom is -0.381 e. The lowest BCUT2D eigenvalue weighted by Gasteiger charge is -2.51. The second-order valence-corrected chi connectivity index (χ2v) is 6.27. The number of halogens is 2. The predicted octanol–water partition coefficient (Wildman–Crippen LogP) is 3.96. The third-order valence-electron chi connectivity index (χ3n) is 4.47. The van der Waals surface area contributed by atoms with Crippen molar-refractivity contribution in [3.8, 4) is 0 Å². The summed E-state index contributed by atoms with van der Waals surface area (Å²) in [6.45, 7) is 4.15. The SMILES string of the molecule is COC1CC(n2c(=S)[nH]c3c(F)cc(F)cc32)C1(C)C. The summed E-state index contributed by atoms with van der Waals surface area (Å²) in [6.07, 6.45) is 0.904. The largest absolute Gasteiger partial charge is 0.381 e. The molecule has 2 atom stereocenters. The maximum Gasteiger partial charge on any atom is 0.178 e. The number of H-pyrrole nitrogens is 1. The van der Waals surface area contributed by atoms with Crippen molar-refractivity contribution >= 4 is 23.3 Å². The fraction of sp³-hybridized carbons (Fsp3) is 0.500. The summed E-state index contributed by atoms with van der Waals surface area (Å²) in [5.74, 6) is -1.22. The van der Waals surface area contributed by atoms with Crippen molar-refractivity contribution in [1.29, 1.82) is 0 Å². The summed E-state index contributed by atoms with van der Waals surface area (Å²) >= 11 is 5.29. The lowest BCUT2D eigenvalue weighted by atomic mass is 9.64. The number of imidazole rings is 1. The number of aromatic amines is 1. The zero-order valence-corrected chi connectivity index (χ0v) is 12.4. The topological polar surface area (TPSA) is 29.9 Å². The van der Waals surface area contributed by atoms with E-state index in [1.807, 2.05) is 4.57 Å². The summed E-state index contributed by atoms with van der Waals surface area (Å²) in [5, 5.41) is 0. The quantitative estimate of drug-likeness (QED) is 0.850. The van der Waals surface area contributed by atoms with Crippen LogP contribution in [-0.4, -0.2) is 22.8 Å². The zero-order valence-electron chi connectivity index (χ0n) is 11.5. The molecule has 1 N–H and O–H groups in total. The van der Waals surface area contributed by atoms with Crippen LogP contribution in [0.1, 0.15) is 26.3 Å². The molecule has 0 spiro atoms. The highest BCUT2D eigenvalue weighted by molar-refractivity contribution is 7.71. The highest BCUT2D eigenvalue weighted by Crippen LogP contribution is 2.52. The molecule has 3 nitrogen and oxygen atoms in total. The Kier molecular flexibility index (Phi) is 2.99. The number of nitrogens with one attached hydrogen (secondary N) is 1. The first kappa shape index (κ1) is 13.7. The van der Waals surface area contributed by atoms with Gasteiger partial charge in [-0.15, -0.1) is 0 Å². The van der Waals surface area contributed by atoms with Gasteiger partial charge in [-0.25, -0.2) is 8.78 Å². The molecule has 0 bridgehead atoms. The van der Waals surface area contributed by atoms with Gasteiger partial charge in [0.15, 0.2) is 10.6 Å². The molecule has 1 heterocycles. The first-order valence-electron chi connectivity index (χ1n) is 6.48. The molecule has 2 unspecified atom stereocenters. The Labute approximate surface area is 120 Å². The monoisotopic (exact) mass is 298 g/mol. The molecule has 1 aliphatic rings. The number of benzene rings is 1. The van der Waals surface area contributed by atoms with Crippen LogP contribution in [0, 0.1) is 21.8 Å². The van der Waals surface area contributed by atoms with Crippen molar-refractivity contribution < 1.29 is 13.5 Å². The highest BCUT2D eigenvalue weighted by atomic mass is 32.1. The van der Waals surface area contributed by atoms with Crippen LogP contribution in [0.5, 0.6) is 0 Å². The average Bonchev–Trinajstić information content (AvgIpc) is 2.67. The summed E-state index contributed by atoms with van der Waals surface area (Å²) in [6, 6.07) is 2.25. The van der Waals surface area contributed by atoms with Crippen LogP contribution >= 0.6 is 12.2 Å². The minimum absolute atomic E-state index is 0.0647. The number of ether oxygens (including phenoxy) is 1. The molecule has 1 aliphatic carbocycles. The highest BCUT2D eigenvalue weighted by Gasteiger charge is 2.50. The summed E-state index contributed by atoms with van der Waals surface area (Å²) in [7, 11) is 1.68. The molecule has 1 fully saturated rings. The number of rotatable bonds is 2. The Morgan fingerprint density at radius 3 is 2.70 bits per heavy atom. The molecule has 6 heteroatoms. The molecule has 2 aromatic rings. The van der Waals surface area contributed by atoms with Crippen molar-refractivity contribution in [1.82, 2.24) is 9.55 Å². The van der Waals surface area contributed by atoms with Gasteiger partial charge < -0.3 is 14.3 Å². The molecule has 3 rings (SSSR count). The Hall–Kier alpha value is -1.27. The third kappa shape index (κ3) is 1.74. The van der Waals surface area contributed by atoms with Gasteiger partial charge in [0.05, 0.1) is 11.6 Å². The molecule has 1 saturated carbocycles. The van der Waals surface area contributed by atoms with Crippen LogP contribution < -0.4 is 0 Å². The molecule has 108 valence electrons. The number of methoxy groups -OCH3 is 1. The van der Waals surface area contributed by atoms with E-state index in [1.165, 1.54) is 6.07 Å². The lowest BCUT2D eigenvalue weighted by molar-refractivity contribution is -0.111. The first-order chi connectivity index (χ1) is 9.36. The molecule has 20 heavy (non-hydrogen) atoms. The van der Waals surface area contributed by atoms with Gasteiger partial charge in [0.2, 0.25) is 0 Å². The molecule has 1 aromatic heterocycles. The van der Waals surface area contributed by atoms with Crippen LogP contribution in [-0.2, 0) is 4.74 Å². The van der Waals surface area contributed by atoms with Crippen LogP contribution in [0.2, 0.25) is 0 Å². The number of nitrogens with zero attached hydrogens (tertiary/aromatic N) is 1. The summed E-state index contributed by atoms with van der Waals surface area (Å²) in [5.41, 5.74) is 0.596. The maximum absolute atomic E-state index is 13.8. The zero-order chi connectivity index (χ0) is 14.7.